The lowest BCUT2D eigenvalue weighted by Gasteiger charge is -2.37. The number of likely N-dealkylation sites (tertiary alicyclic amines) is 2. The van der Waals surface area contributed by atoms with Crippen LogP contribution in [0, 0.1) is 5.92 Å². The Kier molecular flexibility index (Phi) is 4.98. The van der Waals surface area contributed by atoms with Crippen molar-refractivity contribution in [2.45, 2.75) is 44.9 Å². The fourth-order valence-electron chi connectivity index (χ4n) is 3.76. The van der Waals surface area contributed by atoms with Crippen LogP contribution < -0.4 is 0 Å². The first kappa shape index (κ1) is 16.0. The molecule has 3 rings (SSSR count). The van der Waals surface area contributed by atoms with Crippen LogP contribution in [0.4, 0.5) is 0 Å². The van der Waals surface area contributed by atoms with E-state index >= 15 is 0 Å². The number of hydrogen-bond acceptors (Lipinski definition) is 3. The van der Waals surface area contributed by atoms with Gasteiger partial charge in [-0.15, -0.1) is 0 Å². The molecule has 0 atom stereocenters. The minimum absolute atomic E-state index is 0.0969. The Labute approximate surface area is 137 Å². The van der Waals surface area contributed by atoms with Crippen molar-refractivity contribution < 1.29 is 9.59 Å². The minimum atomic E-state index is 0.0969. The van der Waals surface area contributed by atoms with E-state index in [2.05, 4.69) is 10.2 Å². The summed E-state index contributed by atoms with van der Waals surface area (Å²) in [6.07, 6.45) is 5.97. The highest BCUT2D eigenvalue weighted by molar-refractivity contribution is 5.80. The molecular weight excluding hydrogens is 292 g/mol. The molecule has 2 amide bonds. The zero-order valence-electron chi connectivity index (χ0n) is 13.8. The van der Waals surface area contributed by atoms with Gasteiger partial charge in [-0.05, 0) is 31.7 Å². The lowest BCUT2D eigenvalue weighted by molar-refractivity contribution is -0.141. The molecule has 126 valence electrons. The average molecular weight is 318 g/mol. The number of aromatic nitrogens is 2. The Morgan fingerprint density at radius 3 is 2.35 bits per heavy atom. The number of aromatic amines is 1. The van der Waals surface area contributed by atoms with Gasteiger partial charge in [-0.25, -0.2) is 0 Å². The first-order valence-corrected chi connectivity index (χ1v) is 8.75. The highest BCUT2D eigenvalue weighted by atomic mass is 16.2. The molecule has 2 saturated heterocycles. The van der Waals surface area contributed by atoms with E-state index in [1.165, 1.54) is 5.69 Å². The molecule has 1 aromatic rings. The summed E-state index contributed by atoms with van der Waals surface area (Å²) in [7, 11) is 0. The van der Waals surface area contributed by atoms with Crippen LogP contribution >= 0.6 is 0 Å². The van der Waals surface area contributed by atoms with E-state index in [1.807, 2.05) is 22.8 Å². The molecule has 1 aromatic heterocycles. The number of nitrogens with one attached hydrogen (secondary N) is 1. The number of carbonyl (C=O) groups is 2. The maximum absolute atomic E-state index is 12.7. The van der Waals surface area contributed by atoms with Crippen molar-refractivity contribution in [3.63, 3.8) is 0 Å². The standard InChI is InChI=1S/C17H26N4O2/c1-2-16(22)20-9-6-14(7-10-20)17(23)21-11-4-13(5-12-21)15-3-8-18-19-15/h3,8,13-14H,2,4-7,9-12H2,1H3,(H,18,19). The highest BCUT2D eigenvalue weighted by Gasteiger charge is 2.32. The molecule has 0 aromatic carbocycles. The largest absolute Gasteiger partial charge is 0.343 e. The van der Waals surface area contributed by atoms with Crippen molar-refractivity contribution in [2.75, 3.05) is 26.2 Å². The van der Waals surface area contributed by atoms with Gasteiger partial charge in [0.15, 0.2) is 0 Å². The summed E-state index contributed by atoms with van der Waals surface area (Å²) in [6.45, 7) is 5.01. The van der Waals surface area contributed by atoms with Gasteiger partial charge in [0.2, 0.25) is 11.8 Å². The first-order valence-electron chi connectivity index (χ1n) is 8.75. The van der Waals surface area contributed by atoms with Gasteiger partial charge in [0, 0.05) is 56.3 Å². The Balaban J connectivity index is 1.48. The van der Waals surface area contributed by atoms with Crippen molar-refractivity contribution >= 4 is 11.8 Å². The van der Waals surface area contributed by atoms with E-state index < -0.39 is 0 Å². The molecule has 6 heteroatoms. The third kappa shape index (κ3) is 3.57. The Bertz CT molecular complexity index is 527. The predicted molar refractivity (Wildman–Crippen MR) is 86.7 cm³/mol. The molecule has 0 unspecified atom stereocenters. The van der Waals surface area contributed by atoms with Gasteiger partial charge in [-0.1, -0.05) is 6.92 Å². The van der Waals surface area contributed by atoms with Gasteiger partial charge in [0.1, 0.15) is 0 Å². The van der Waals surface area contributed by atoms with Crippen LogP contribution in [0.1, 0.15) is 50.6 Å². The zero-order chi connectivity index (χ0) is 16.2. The van der Waals surface area contributed by atoms with E-state index in [9.17, 15) is 9.59 Å². The van der Waals surface area contributed by atoms with Crippen molar-refractivity contribution in [3.05, 3.63) is 18.0 Å². The Morgan fingerprint density at radius 1 is 1.13 bits per heavy atom. The number of rotatable bonds is 3. The average Bonchev–Trinajstić information content (AvgIpc) is 3.15. The van der Waals surface area contributed by atoms with Gasteiger partial charge in [-0.3, -0.25) is 14.7 Å². The summed E-state index contributed by atoms with van der Waals surface area (Å²) in [4.78, 5) is 28.3. The normalized spacial score (nSPS) is 20.7. The van der Waals surface area contributed by atoms with E-state index in [-0.39, 0.29) is 17.7 Å². The maximum atomic E-state index is 12.7. The number of carbonyl (C=O) groups excluding carboxylic acids is 2. The molecule has 6 nitrogen and oxygen atoms in total. The van der Waals surface area contributed by atoms with Crippen LogP contribution in [0.25, 0.3) is 0 Å². The van der Waals surface area contributed by atoms with Crippen molar-refractivity contribution in [2.24, 2.45) is 5.92 Å². The SMILES string of the molecule is CCC(=O)N1CCC(C(=O)N2CCC(c3ccn[nH]3)CC2)CC1. The summed E-state index contributed by atoms with van der Waals surface area (Å²) in [5, 5.41) is 7.06. The number of hydrogen-bond donors (Lipinski definition) is 1. The van der Waals surface area contributed by atoms with Crippen LogP contribution in [-0.4, -0.2) is 58.0 Å². The third-order valence-corrected chi connectivity index (χ3v) is 5.27. The molecule has 23 heavy (non-hydrogen) atoms. The van der Waals surface area contributed by atoms with Crippen molar-refractivity contribution in [3.8, 4) is 0 Å². The van der Waals surface area contributed by atoms with Gasteiger partial charge >= 0.3 is 0 Å². The molecule has 0 aliphatic carbocycles. The van der Waals surface area contributed by atoms with E-state index in [4.69, 9.17) is 0 Å². The second kappa shape index (κ2) is 7.15. The third-order valence-electron chi connectivity index (χ3n) is 5.27. The smallest absolute Gasteiger partial charge is 0.225 e. The Morgan fingerprint density at radius 2 is 1.78 bits per heavy atom. The van der Waals surface area contributed by atoms with Crippen LogP contribution in [-0.2, 0) is 9.59 Å². The summed E-state index contributed by atoms with van der Waals surface area (Å²) in [5.74, 6) is 1.08. The molecule has 2 fully saturated rings. The number of nitrogens with zero attached hydrogens (tertiary/aromatic N) is 3. The molecule has 3 heterocycles. The monoisotopic (exact) mass is 318 g/mol. The predicted octanol–water partition coefficient (Wildman–Crippen LogP) is 1.76. The quantitative estimate of drug-likeness (QED) is 0.923. The second-order valence-electron chi connectivity index (χ2n) is 6.62. The van der Waals surface area contributed by atoms with Crippen LogP contribution in [0.3, 0.4) is 0 Å². The number of amides is 2. The molecule has 2 aliphatic rings. The molecular formula is C17H26N4O2. The zero-order valence-corrected chi connectivity index (χ0v) is 13.8. The first-order chi connectivity index (χ1) is 11.2. The molecule has 0 saturated carbocycles. The summed E-state index contributed by atoms with van der Waals surface area (Å²) in [6, 6.07) is 2.03. The lowest BCUT2D eigenvalue weighted by atomic mass is 9.90. The van der Waals surface area contributed by atoms with E-state index in [1.54, 1.807) is 6.20 Å². The molecule has 0 spiro atoms. The second-order valence-corrected chi connectivity index (χ2v) is 6.62. The molecule has 0 radical (unpaired) electrons. The van der Waals surface area contributed by atoms with Gasteiger partial charge in [0.05, 0.1) is 0 Å². The van der Waals surface area contributed by atoms with Crippen molar-refractivity contribution in [1.82, 2.24) is 20.0 Å². The van der Waals surface area contributed by atoms with E-state index in [0.29, 0.717) is 12.3 Å². The summed E-state index contributed by atoms with van der Waals surface area (Å²) >= 11 is 0. The lowest BCUT2D eigenvalue weighted by Crippen LogP contribution is -2.46. The van der Waals surface area contributed by atoms with Crippen LogP contribution in [0.5, 0.6) is 0 Å². The van der Waals surface area contributed by atoms with E-state index in [0.717, 1.165) is 51.9 Å². The number of piperidine rings is 2. The summed E-state index contributed by atoms with van der Waals surface area (Å²) < 4.78 is 0. The molecule has 0 bridgehead atoms. The maximum Gasteiger partial charge on any atom is 0.225 e. The van der Waals surface area contributed by atoms with Crippen LogP contribution in [0.15, 0.2) is 12.3 Å². The topological polar surface area (TPSA) is 69.3 Å². The number of H-pyrrole nitrogens is 1. The fourth-order valence-corrected chi connectivity index (χ4v) is 3.76. The van der Waals surface area contributed by atoms with Gasteiger partial charge in [-0.2, -0.15) is 5.10 Å². The summed E-state index contributed by atoms with van der Waals surface area (Å²) in [5.41, 5.74) is 1.18. The minimum Gasteiger partial charge on any atom is -0.343 e. The van der Waals surface area contributed by atoms with Gasteiger partial charge in [0.25, 0.3) is 0 Å². The highest BCUT2D eigenvalue weighted by Crippen LogP contribution is 2.28. The fraction of sp³-hybridized carbons (Fsp3) is 0.706. The molecule has 2 aliphatic heterocycles. The van der Waals surface area contributed by atoms with Crippen LogP contribution in [0.2, 0.25) is 0 Å². The van der Waals surface area contributed by atoms with Crippen molar-refractivity contribution in [1.29, 1.82) is 0 Å². The van der Waals surface area contributed by atoms with Gasteiger partial charge < -0.3 is 9.80 Å². The molecule has 1 N–H and O–H groups in total. The Hall–Kier alpha value is -1.85.